The minimum atomic E-state index is 0.276. The monoisotopic (exact) mass is 261 g/mol. The molecular weight excluding hydrogens is 238 g/mol. The quantitative estimate of drug-likeness (QED) is 0.876. The van der Waals surface area contributed by atoms with E-state index in [4.69, 9.17) is 5.73 Å². The van der Waals surface area contributed by atoms with Crippen LogP contribution >= 0.6 is 0 Å². The second kappa shape index (κ2) is 7.24. The third-order valence-corrected chi connectivity index (χ3v) is 3.82. The van der Waals surface area contributed by atoms with E-state index in [1.807, 2.05) is 17.0 Å². The Morgan fingerprint density at radius 1 is 1.42 bits per heavy atom. The molecule has 1 aliphatic heterocycles. The number of amides is 1. The van der Waals surface area contributed by atoms with Crippen LogP contribution in [0.3, 0.4) is 0 Å². The molecule has 1 aromatic rings. The van der Waals surface area contributed by atoms with Crippen LogP contribution in [-0.2, 0) is 11.2 Å². The van der Waals surface area contributed by atoms with Gasteiger partial charge in [0.1, 0.15) is 0 Å². The number of piperidine rings is 1. The number of hydrogen-bond donors (Lipinski definition) is 1. The number of carbonyl (C=O) groups excluding carboxylic acids is 1. The molecule has 1 amide bonds. The van der Waals surface area contributed by atoms with E-state index in [9.17, 15) is 4.79 Å². The van der Waals surface area contributed by atoms with Crippen LogP contribution in [-0.4, -0.2) is 35.4 Å². The maximum atomic E-state index is 12.2. The zero-order chi connectivity index (χ0) is 13.5. The number of aromatic nitrogens is 1. The molecule has 1 atom stereocenters. The first-order chi connectivity index (χ1) is 9.29. The van der Waals surface area contributed by atoms with Crippen LogP contribution in [0.4, 0.5) is 0 Å². The maximum absolute atomic E-state index is 12.2. The lowest BCUT2D eigenvalue weighted by molar-refractivity contribution is -0.133. The lowest BCUT2D eigenvalue weighted by Crippen LogP contribution is -2.40. The molecule has 4 nitrogen and oxygen atoms in total. The number of hydrogen-bond acceptors (Lipinski definition) is 3. The predicted molar refractivity (Wildman–Crippen MR) is 75.5 cm³/mol. The second-order valence-electron chi connectivity index (χ2n) is 5.28. The van der Waals surface area contributed by atoms with Crippen molar-refractivity contribution in [1.29, 1.82) is 0 Å². The zero-order valence-electron chi connectivity index (χ0n) is 11.4. The number of aryl methyl sites for hydroxylation is 1. The Kier molecular flexibility index (Phi) is 5.33. The maximum Gasteiger partial charge on any atom is 0.222 e. The molecule has 19 heavy (non-hydrogen) atoms. The molecule has 2 heterocycles. The van der Waals surface area contributed by atoms with Gasteiger partial charge in [0.25, 0.3) is 0 Å². The van der Waals surface area contributed by atoms with E-state index in [1.165, 1.54) is 12.0 Å². The van der Waals surface area contributed by atoms with Crippen molar-refractivity contribution in [3.05, 3.63) is 30.1 Å². The standard InChI is InChI=1S/C15H23N3O/c16-8-5-14-2-1-11-18(12-14)15(19)4-3-13-6-9-17-10-7-13/h6-7,9-10,14H,1-5,8,11-12,16H2. The lowest BCUT2D eigenvalue weighted by atomic mass is 9.94. The summed E-state index contributed by atoms with van der Waals surface area (Å²) in [5, 5.41) is 0. The smallest absolute Gasteiger partial charge is 0.222 e. The van der Waals surface area contributed by atoms with E-state index in [-0.39, 0.29) is 5.91 Å². The lowest BCUT2D eigenvalue weighted by Gasteiger charge is -2.32. The normalized spacial score (nSPS) is 19.4. The molecule has 2 rings (SSSR count). The molecule has 4 heteroatoms. The molecule has 1 saturated heterocycles. The molecule has 1 fully saturated rings. The Labute approximate surface area is 115 Å². The average Bonchev–Trinajstić information content (AvgIpc) is 2.46. The molecule has 2 N–H and O–H groups in total. The van der Waals surface area contributed by atoms with E-state index < -0.39 is 0 Å². The Morgan fingerprint density at radius 2 is 2.21 bits per heavy atom. The highest BCUT2D eigenvalue weighted by Crippen LogP contribution is 2.19. The fourth-order valence-corrected chi connectivity index (χ4v) is 2.72. The van der Waals surface area contributed by atoms with E-state index in [2.05, 4.69) is 4.98 Å². The zero-order valence-corrected chi connectivity index (χ0v) is 11.4. The molecule has 104 valence electrons. The summed E-state index contributed by atoms with van der Waals surface area (Å²) in [4.78, 5) is 18.2. The third kappa shape index (κ3) is 4.31. The molecule has 1 unspecified atom stereocenters. The number of nitrogens with zero attached hydrogens (tertiary/aromatic N) is 2. The Morgan fingerprint density at radius 3 is 2.95 bits per heavy atom. The molecule has 0 radical (unpaired) electrons. The summed E-state index contributed by atoms with van der Waals surface area (Å²) >= 11 is 0. The van der Waals surface area contributed by atoms with Crippen LogP contribution < -0.4 is 5.73 Å². The number of nitrogens with two attached hydrogens (primary N) is 1. The average molecular weight is 261 g/mol. The van der Waals surface area contributed by atoms with Crippen LogP contribution in [0, 0.1) is 5.92 Å². The first kappa shape index (κ1) is 14.0. The molecule has 0 spiro atoms. The second-order valence-corrected chi connectivity index (χ2v) is 5.28. The van der Waals surface area contributed by atoms with Gasteiger partial charge >= 0.3 is 0 Å². The third-order valence-electron chi connectivity index (χ3n) is 3.82. The van der Waals surface area contributed by atoms with Gasteiger partial charge in [-0.15, -0.1) is 0 Å². The number of carbonyl (C=O) groups is 1. The molecule has 1 aromatic heterocycles. The molecule has 1 aliphatic rings. The number of pyridine rings is 1. The van der Waals surface area contributed by atoms with E-state index >= 15 is 0 Å². The van der Waals surface area contributed by atoms with Crippen molar-refractivity contribution in [2.24, 2.45) is 11.7 Å². The van der Waals surface area contributed by atoms with Crippen molar-refractivity contribution < 1.29 is 4.79 Å². The summed E-state index contributed by atoms with van der Waals surface area (Å²) in [6.07, 6.45) is 8.32. The van der Waals surface area contributed by atoms with Crippen LogP contribution in [0.5, 0.6) is 0 Å². The van der Waals surface area contributed by atoms with Crippen LogP contribution in [0.2, 0.25) is 0 Å². The summed E-state index contributed by atoms with van der Waals surface area (Å²) in [5.74, 6) is 0.877. The SMILES string of the molecule is NCCC1CCCN(C(=O)CCc2ccncc2)C1. The summed E-state index contributed by atoms with van der Waals surface area (Å²) in [7, 11) is 0. The van der Waals surface area contributed by atoms with Crippen molar-refractivity contribution in [2.75, 3.05) is 19.6 Å². The van der Waals surface area contributed by atoms with Crippen molar-refractivity contribution >= 4 is 5.91 Å². The highest BCUT2D eigenvalue weighted by molar-refractivity contribution is 5.76. The van der Waals surface area contributed by atoms with E-state index in [0.29, 0.717) is 12.3 Å². The Bertz CT molecular complexity index is 392. The van der Waals surface area contributed by atoms with Gasteiger partial charge in [0, 0.05) is 31.9 Å². The van der Waals surface area contributed by atoms with Crippen molar-refractivity contribution in [3.63, 3.8) is 0 Å². The van der Waals surface area contributed by atoms with Gasteiger partial charge in [-0.05, 0) is 55.8 Å². The minimum absolute atomic E-state index is 0.276. The summed E-state index contributed by atoms with van der Waals surface area (Å²) < 4.78 is 0. The summed E-state index contributed by atoms with van der Waals surface area (Å²) in [5.41, 5.74) is 6.79. The highest BCUT2D eigenvalue weighted by atomic mass is 16.2. The molecule has 0 bridgehead atoms. The van der Waals surface area contributed by atoms with Crippen LogP contribution in [0.15, 0.2) is 24.5 Å². The van der Waals surface area contributed by atoms with E-state index in [1.54, 1.807) is 12.4 Å². The Hall–Kier alpha value is -1.42. The molecule has 0 aromatic carbocycles. The van der Waals surface area contributed by atoms with Gasteiger partial charge in [-0.25, -0.2) is 0 Å². The van der Waals surface area contributed by atoms with Gasteiger partial charge in [0.05, 0.1) is 0 Å². The minimum Gasteiger partial charge on any atom is -0.342 e. The number of likely N-dealkylation sites (tertiary alicyclic amines) is 1. The largest absolute Gasteiger partial charge is 0.342 e. The van der Waals surface area contributed by atoms with Crippen LogP contribution in [0.25, 0.3) is 0 Å². The van der Waals surface area contributed by atoms with E-state index in [0.717, 1.165) is 38.9 Å². The fraction of sp³-hybridized carbons (Fsp3) is 0.600. The topological polar surface area (TPSA) is 59.2 Å². The van der Waals surface area contributed by atoms with Gasteiger partial charge in [-0.1, -0.05) is 0 Å². The summed E-state index contributed by atoms with van der Waals surface area (Å²) in [6.45, 7) is 2.53. The van der Waals surface area contributed by atoms with Gasteiger partial charge < -0.3 is 10.6 Å². The summed E-state index contributed by atoms with van der Waals surface area (Å²) in [6, 6.07) is 3.95. The first-order valence-corrected chi connectivity index (χ1v) is 7.16. The van der Waals surface area contributed by atoms with Crippen molar-refractivity contribution in [2.45, 2.75) is 32.1 Å². The Balaban J connectivity index is 1.79. The predicted octanol–water partition coefficient (Wildman–Crippen LogP) is 1.60. The fourth-order valence-electron chi connectivity index (χ4n) is 2.72. The van der Waals surface area contributed by atoms with Crippen LogP contribution in [0.1, 0.15) is 31.2 Å². The van der Waals surface area contributed by atoms with Gasteiger partial charge in [-0.2, -0.15) is 0 Å². The van der Waals surface area contributed by atoms with Gasteiger partial charge in [0.15, 0.2) is 0 Å². The molecular formula is C15H23N3O. The van der Waals surface area contributed by atoms with Gasteiger partial charge in [-0.3, -0.25) is 9.78 Å². The van der Waals surface area contributed by atoms with Crippen molar-refractivity contribution in [3.8, 4) is 0 Å². The van der Waals surface area contributed by atoms with Crippen molar-refractivity contribution in [1.82, 2.24) is 9.88 Å². The number of rotatable bonds is 5. The highest BCUT2D eigenvalue weighted by Gasteiger charge is 2.22. The van der Waals surface area contributed by atoms with Gasteiger partial charge in [0.2, 0.25) is 5.91 Å². The first-order valence-electron chi connectivity index (χ1n) is 7.16. The molecule has 0 aliphatic carbocycles. The molecule has 0 saturated carbocycles.